The number of amides is 2. The summed E-state index contributed by atoms with van der Waals surface area (Å²) in [4.78, 5) is 30.3. The summed E-state index contributed by atoms with van der Waals surface area (Å²) in [6.45, 7) is 6.01. The zero-order valence-corrected chi connectivity index (χ0v) is 23.4. The number of fused-ring (bicyclic) bond motifs is 3. The molecule has 5 unspecified atom stereocenters. The van der Waals surface area contributed by atoms with Crippen molar-refractivity contribution in [2.75, 3.05) is 25.0 Å². The van der Waals surface area contributed by atoms with Crippen LogP contribution in [0.15, 0.2) is 52.9 Å². The normalized spacial score (nSPS) is 24.6. The Morgan fingerprint density at radius 1 is 1.12 bits per heavy atom. The van der Waals surface area contributed by atoms with E-state index in [1.165, 1.54) is 0 Å². The van der Waals surface area contributed by atoms with Gasteiger partial charge in [-0.1, -0.05) is 30.3 Å². The predicted octanol–water partition coefficient (Wildman–Crippen LogP) is 4.06. The number of nitrogens with one attached hydrogen (secondary N) is 3. The average molecular weight is 564 g/mol. The minimum atomic E-state index is -0.446. The summed E-state index contributed by atoms with van der Waals surface area (Å²) in [5, 5.41) is 7.86. The molecule has 3 bridgehead atoms. The fraction of sp³-hybridized carbons (Fsp3) is 0.500. The van der Waals surface area contributed by atoms with Gasteiger partial charge in [-0.3, -0.25) is 10.2 Å². The fourth-order valence-electron chi connectivity index (χ4n) is 5.91. The highest BCUT2D eigenvalue weighted by Gasteiger charge is 2.53. The van der Waals surface area contributed by atoms with Gasteiger partial charge in [0.15, 0.2) is 11.9 Å². The van der Waals surface area contributed by atoms with Crippen molar-refractivity contribution < 1.29 is 28.2 Å². The van der Waals surface area contributed by atoms with Crippen LogP contribution in [0.1, 0.15) is 49.0 Å². The number of oxazole rings is 1. The van der Waals surface area contributed by atoms with Gasteiger partial charge in [-0.15, -0.1) is 0 Å². The van der Waals surface area contributed by atoms with Crippen LogP contribution in [0.25, 0.3) is 11.1 Å². The monoisotopic (exact) mass is 563 g/mol. The quantitative estimate of drug-likeness (QED) is 0.234. The molecule has 2 aromatic carbocycles. The van der Waals surface area contributed by atoms with E-state index in [1.54, 1.807) is 18.2 Å². The maximum absolute atomic E-state index is 13.2. The number of hydrazine groups is 1. The molecule has 3 heterocycles. The molecular weight excluding hydrogens is 526 g/mol. The Labute approximate surface area is 238 Å². The summed E-state index contributed by atoms with van der Waals surface area (Å²) in [7, 11) is 0. The van der Waals surface area contributed by atoms with Gasteiger partial charge in [0.1, 0.15) is 11.6 Å². The Morgan fingerprint density at radius 3 is 2.80 bits per heavy atom. The number of nitrogens with zero attached hydrogens (tertiary/aromatic N) is 2. The van der Waals surface area contributed by atoms with Crippen LogP contribution >= 0.6 is 0 Å². The highest BCUT2D eigenvalue weighted by atomic mass is 16.7. The van der Waals surface area contributed by atoms with Crippen LogP contribution in [-0.2, 0) is 20.8 Å². The molecule has 5 atom stereocenters. The summed E-state index contributed by atoms with van der Waals surface area (Å²) in [6.07, 6.45) is 1.53. The lowest BCUT2D eigenvalue weighted by Gasteiger charge is -2.36. The maximum atomic E-state index is 13.2. The van der Waals surface area contributed by atoms with E-state index in [0.717, 1.165) is 18.4 Å². The lowest BCUT2D eigenvalue weighted by atomic mass is 9.78. The van der Waals surface area contributed by atoms with E-state index in [0.29, 0.717) is 61.3 Å². The third-order valence-electron chi connectivity index (χ3n) is 7.80. The van der Waals surface area contributed by atoms with Crippen LogP contribution in [-0.4, -0.2) is 66.2 Å². The van der Waals surface area contributed by atoms with Crippen molar-refractivity contribution in [1.82, 2.24) is 20.7 Å². The highest BCUT2D eigenvalue weighted by molar-refractivity contribution is 5.97. The van der Waals surface area contributed by atoms with Crippen molar-refractivity contribution in [2.24, 2.45) is 11.8 Å². The second kappa shape index (κ2) is 12.1. The van der Waals surface area contributed by atoms with Gasteiger partial charge in [0.2, 0.25) is 0 Å². The molecule has 3 fully saturated rings. The molecular formula is C30H37N5O6. The molecule has 218 valence electrons. The number of carbonyl (C=O) groups excluding carboxylic acids is 2. The largest absolute Gasteiger partial charge is 0.443 e. The first-order valence-electron chi connectivity index (χ1n) is 14.4. The van der Waals surface area contributed by atoms with Crippen molar-refractivity contribution in [3.8, 4) is 0 Å². The van der Waals surface area contributed by atoms with Crippen molar-refractivity contribution >= 4 is 29.1 Å². The molecule has 1 saturated carbocycles. The van der Waals surface area contributed by atoms with Gasteiger partial charge >= 0.3 is 6.09 Å². The van der Waals surface area contributed by atoms with Crippen LogP contribution in [0.2, 0.25) is 0 Å². The molecule has 41 heavy (non-hydrogen) atoms. The van der Waals surface area contributed by atoms with Crippen LogP contribution in [0.4, 0.5) is 10.8 Å². The van der Waals surface area contributed by atoms with Gasteiger partial charge in [-0.05, 0) is 56.9 Å². The van der Waals surface area contributed by atoms with Gasteiger partial charge in [0, 0.05) is 43.1 Å². The zero-order chi connectivity index (χ0) is 28.3. The Balaban J connectivity index is 1.03. The number of benzene rings is 2. The van der Waals surface area contributed by atoms with Crippen molar-refractivity contribution in [3.63, 3.8) is 0 Å². The Hall–Kier alpha value is -3.67. The maximum Gasteiger partial charge on any atom is 0.407 e. The topological polar surface area (TPSA) is 127 Å². The number of rotatable bonds is 11. The van der Waals surface area contributed by atoms with Crippen LogP contribution in [0.5, 0.6) is 0 Å². The molecule has 0 spiro atoms. The SMILES string of the molecule is CC(C)Nc1nc2cc(C(=O)NN(CCCNC(=O)OC3C4COC5OC3CC5C4)Cc3ccccc3)ccc2o1. The summed E-state index contributed by atoms with van der Waals surface area (Å²) >= 11 is 0. The first kappa shape index (κ1) is 27.5. The fourth-order valence-corrected chi connectivity index (χ4v) is 5.91. The molecule has 2 aliphatic heterocycles. The molecule has 3 aromatic rings. The van der Waals surface area contributed by atoms with E-state index >= 15 is 0 Å². The van der Waals surface area contributed by atoms with Crippen molar-refractivity contribution in [3.05, 3.63) is 59.7 Å². The van der Waals surface area contributed by atoms with Crippen molar-refractivity contribution in [1.29, 1.82) is 0 Å². The number of ether oxygens (including phenoxy) is 3. The van der Waals surface area contributed by atoms with Gasteiger partial charge < -0.3 is 29.3 Å². The van der Waals surface area contributed by atoms with Crippen LogP contribution in [0, 0.1) is 11.8 Å². The Morgan fingerprint density at radius 2 is 1.98 bits per heavy atom. The van der Waals surface area contributed by atoms with E-state index in [9.17, 15) is 9.59 Å². The lowest BCUT2D eigenvalue weighted by Crippen LogP contribution is -2.46. The predicted molar refractivity (Wildman–Crippen MR) is 151 cm³/mol. The van der Waals surface area contributed by atoms with Gasteiger partial charge in [0.05, 0.1) is 12.7 Å². The van der Waals surface area contributed by atoms with Crippen molar-refractivity contribution in [2.45, 2.75) is 64.2 Å². The second-order valence-electron chi connectivity index (χ2n) is 11.4. The Kier molecular flexibility index (Phi) is 8.09. The standard InChI is InChI=1S/C30H37N5O6/c1-18(2)32-29-33-23-14-20(9-10-24(23)40-29)27(36)34-35(16-19-7-4-3-5-8-19)12-6-11-31-30(37)41-26-22-13-21-15-25(26)39-28(21)38-17-22/h3-5,7-10,14,18,21-22,25-26,28H,6,11-13,15-17H2,1-2H3,(H,31,37)(H,32,33)(H,34,36). The molecule has 11 nitrogen and oxygen atoms in total. The molecule has 2 saturated heterocycles. The second-order valence-corrected chi connectivity index (χ2v) is 11.4. The summed E-state index contributed by atoms with van der Waals surface area (Å²) in [5.41, 5.74) is 5.77. The number of hydrogen-bond acceptors (Lipinski definition) is 9. The number of alkyl carbamates (subject to hydrolysis) is 1. The molecule has 1 aliphatic carbocycles. The number of aromatic nitrogens is 1. The van der Waals surface area contributed by atoms with Crippen LogP contribution < -0.4 is 16.1 Å². The molecule has 0 radical (unpaired) electrons. The van der Waals surface area contributed by atoms with Gasteiger partial charge in [-0.25, -0.2) is 9.80 Å². The van der Waals surface area contributed by atoms with E-state index in [-0.39, 0.29) is 36.4 Å². The zero-order valence-electron chi connectivity index (χ0n) is 23.4. The molecule has 3 N–H and O–H groups in total. The Bertz CT molecular complexity index is 1360. The lowest BCUT2D eigenvalue weighted by molar-refractivity contribution is -0.153. The van der Waals surface area contributed by atoms with E-state index < -0.39 is 6.09 Å². The molecule has 2 amide bonds. The molecule has 1 aromatic heterocycles. The first-order valence-corrected chi connectivity index (χ1v) is 14.4. The third-order valence-corrected chi connectivity index (χ3v) is 7.80. The van der Waals surface area contributed by atoms with Gasteiger partial charge in [-0.2, -0.15) is 4.98 Å². The molecule has 3 aliphatic rings. The number of carbonyl (C=O) groups is 2. The number of anilines is 1. The highest BCUT2D eigenvalue weighted by Crippen LogP contribution is 2.46. The average Bonchev–Trinajstić information content (AvgIpc) is 3.49. The molecule has 6 rings (SSSR count). The summed E-state index contributed by atoms with van der Waals surface area (Å²) in [6, 6.07) is 15.7. The summed E-state index contributed by atoms with van der Waals surface area (Å²) < 4.78 is 23.2. The van der Waals surface area contributed by atoms with E-state index in [4.69, 9.17) is 18.6 Å². The smallest absolute Gasteiger partial charge is 0.407 e. The number of hydrogen-bond donors (Lipinski definition) is 3. The van der Waals surface area contributed by atoms with E-state index in [1.807, 2.05) is 49.2 Å². The minimum absolute atomic E-state index is 0.0805. The molecule has 11 heteroatoms. The first-order chi connectivity index (χ1) is 19.9. The minimum Gasteiger partial charge on any atom is -0.443 e. The van der Waals surface area contributed by atoms with Gasteiger partial charge in [0.25, 0.3) is 11.9 Å². The van der Waals surface area contributed by atoms with E-state index in [2.05, 4.69) is 21.0 Å². The van der Waals surface area contributed by atoms with Crippen LogP contribution in [0.3, 0.4) is 0 Å². The third kappa shape index (κ3) is 6.47. The summed E-state index contributed by atoms with van der Waals surface area (Å²) in [5.74, 6) is 0.361.